The van der Waals surface area contributed by atoms with Crippen molar-refractivity contribution in [2.24, 2.45) is 0 Å². The van der Waals surface area contributed by atoms with E-state index in [1.54, 1.807) is 41.7 Å². The molecular weight excluding hydrogens is 350 g/mol. The maximum absolute atomic E-state index is 12.9. The molecule has 6 nitrogen and oxygen atoms in total. The molecule has 2 rings (SSSR count). The van der Waals surface area contributed by atoms with Crippen molar-refractivity contribution in [3.05, 3.63) is 45.9 Å². The first-order valence-electron chi connectivity index (χ1n) is 8.52. The molecule has 0 unspecified atom stereocenters. The molecule has 1 heterocycles. The standard InChI is InChI=1S/C19H25N3O3S/c1-12(2)20-18(23)16-11-26-17(21-16)10-22(13(3)4)19(24)14-7-6-8-15(9-14)25-5/h6-9,11-13H,10H2,1-5H3,(H,20,23). The van der Waals surface area contributed by atoms with Crippen molar-refractivity contribution in [3.8, 4) is 5.75 Å². The average Bonchev–Trinajstić information content (AvgIpc) is 3.07. The van der Waals surface area contributed by atoms with Crippen LogP contribution in [0.3, 0.4) is 0 Å². The van der Waals surface area contributed by atoms with E-state index in [2.05, 4.69) is 10.3 Å². The number of hydrogen-bond donors (Lipinski definition) is 1. The molecule has 0 aliphatic rings. The summed E-state index contributed by atoms with van der Waals surface area (Å²) >= 11 is 1.38. The van der Waals surface area contributed by atoms with Gasteiger partial charge in [-0.05, 0) is 45.9 Å². The molecule has 0 spiro atoms. The van der Waals surface area contributed by atoms with Crippen LogP contribution < -0.4 is 10.1 Å². The van der Waals surface area contributed by atoms with E-state index in [0.29, 0.717) is 23.6 Å². The molecule has 1 aromatic carbocycles. The number of carbonyl (C=O) groups excluding carboxylic acids is 2. The van der Waals surface area contributed by atoms with Gasteiger partial charge in [-0.15, -0.1) is 11.3 Å². The van der Waals surface area contributed by atoms with Gasteiger partial charge in [0.15, 0.2) is 0 Å². The van der Waals surface area contributed by atoms with Crippen molar-refractivity contribution in [3.63, 3.8) is 0 Å². The summed E-state index contributed by atoms with van der Waals surface area (Å²) in [4.78, 5) is 31.1. The summed E-state index contributed by atoms with van der Waals surface area (Å²) in [6.45, 7) is 8.07. The van der Waals surface area contributed by atoms with Gasteiger partial charge in [0.1, 0.15) is 16.5 Å². The van der Waals surface area contributed by atoms with Crippen LogP contribution in [0.25, 0.3) is 0 Å². The minimum absolute atomic E-state index is 0.00876. The normalized spacial score (nSPS) is 10.9. The molecule has 0 atom stereocenters. The van der Waals surface area contributed by atoms with Crippen LogP contribution in [0.4, 0.5) is 0 Å². The van der Waals surface area contributed by atoms with Gasteiger partial charge in [0.05, 0.1) is 13.7 Å². The molecule has 1 N–H and O–H groups in total. The highest BCUT2D eigenvalue weighted by atomic mass is 32.1. The lowest BCUT2D eigenvalue weighted by Crippen LogP contribution is -2.36. The number of aromatic nitrogens is 1. The zero-order chi connectivity index (χ0) is 19.3. The smallest absolute Gasteiger partial charge is 0.270 e. The van der Waals surface area contributed by atoms with Crippen LogP contribution in [0, 0.1) is 0 Å². The van der Waals surface area contributed by atoms with Crippen LogP contribution in [0.1, 0.15) is 53.5 Å². The van der Waals surface area contributed by atoms with E-state index in [1.165, 1.54) is 11.3 Å². The highest BCUT2D eigenvalue weighted by Crippen LogP contribution is 2.19. The Morgan fingerprint density at radius 3 is 2.62 bits per heavy atom. The van der Waals surface area contributed by atoms with Gasteiger partial charge < -0.3 is 15.0 Å². The van der Waals surface area contributed by atoms with Crippen molar-refractivity contribution in [1.29, 1.82) is 0 Å². The molecular formula is C19H25N3O3S. The number of thiazole rings is 1. The Kier molecular flexibility index (Phi) is 6.74. The molecule has 2 aromatic rings. The van der Waals surface area contributed by atoms with Gasteiger partial charge in [-0.3, -0.25) is 9.59 Å². The number of nitrogens with one attached hydrogen (secondary N) is 1. The third kappa shape index (κ3) is 5.05. The first-order chi connectivity index (χ1) is 12.3. The summed E-state index contributed by atoms with van der Waals surface area (Å²) in [6.07, 6.45) is 0. The molecule has 0 saturated carbocycles. The fraction of sp³-hybridized carbons (Fsp3) is 0.421. The van der Waals surface area contributed by atoms with Gasteiger partial charge >= 0.3 is 0 Å². The third-order valence-corrected chi connectivity index (χ3v) is 4.54. The maximum atomic E-state index is 12.9. The number of amides is 2. The molecule has 7 heteroatoms. The Labute approximate surface area is 158 Å². The largest absolute Gasteiger partial charge is 0.497 e. The van der Waals surface area contributed by atoms with Crippen molar-refractivity contribution >= 4 is 23.2 Å². The molecule has 26 heavy (non-hydrogen) atoms. The molecule has 0 radical (unpaired) electrons. The van der Waals surface area contributed by atoms with Gasteiger partial charge in [0.25, 0.3) is 11.8 Å². The number of hydrogen-bond acceptors (Lipinski definition) is 5. The van der Waals surface area contributed by atoms with E-state index >= 15 is 0 Å². The predicted molar refractivity (Wildman–Crippen MR) is 103 cm³/mol. The lowest BCUT2D eigenvalue weighted by atomic mass is 10.1. The van der Waals surface area contributed by atoms with Gasteiger partial charge in [-0.2, -0.15) is 0 Å². The monoisotopic (exact) mass is 375 g/mol. The second-order valence-corrected chi connectivity index (χ2v) is 7.46. The molecule has 1 aromatic heterocycles. The lowest BCUT2D eigenvalue weighted by molar-refractivity contribution is 0.0690. The van der Waals surface area contributed by atoms with Gasteiger partial charge in [0, 0.05) is 23.0 Å². The van der Waals surface area contributed by atoms with Crippen LogP contribution in [-0.4, -0.2) is 40.9 Å². The fourth-order valence-electron chi connectivity index (χ4n) is 2.38. The summed E-state index contributed by atoms with van der Waals surface area (Å²) in [5.41, 5.74) is 0.948. The zero-order valence-corrected chi connectivity index (χ0v) is 16.6. The van der Waals surface area contributed by atoms with Crippen molar-refractivity contribution < 1.29 is 14.3 Å². The van der Waals surface area contributed by atoms with Gasteiger partial charge in [-0.25, -0.2) is 4.98 Å². The van der Waals surface area contributed by atoms with Gasteiger partial charge in [0.2, 0.25) is 0 Å². The van der Waals surface area contributed by atoms with Crippen LogP contribution >= 0.6 is 11.3 Å². The first-order valence-corrected chi connectivity index (χ1v) is 9.40. The summed E-state index contributed by atoms with van der Waals surface area (Å²) in [7, 11) is 1.57. The third-order valence-electron chi connectivity index (χ3n) is 3.71. The topological polar surface area (TPSA) is 71.5 Å². The predicted octanol–water partition coefficient (Wildman–Crippen LogP) is 3.34. The van der Waals surface area contributed by atoms with Crippen LogP contribution in [0.5, 0.6) is 5.75 Å². The Hall–Kier alpha value is -2.41. The SMILES string of the molecule is COc1cccc(C(=O)N(Cc2nc(C(=O)NC(C)C)cs2)C(C)C)c1. The summed E-state index contributed by atoms with van der Waals surface area (Å²) < 4.78 is 5.20. The Morgan fingerprint density at radius 2 is 2.00 bits per heavy atom. The minimum atomic E-state index is -0.197. The van der Waals surface area contributed by atoms with Crippen LogP contribution in [-0.2, 0) is 6.54 Å². The van der Waals surface area contributed by atoms with Crippen molar-refractivity contribution in [2.45, 2.75) is 46.3 Å². The van der Waals surface area contributed by atoms with E-state index in [0.717, 1.165) is 5.01 Å². The molecule has 0 aliphatic heterocycles. The van der Waals surface area contributed by atoms with Crippen LogP contribution in [0.2, 0.25) is 0 Å². The molecule has 0 fully saturated rings. The van der Waals surface area contributed by atoms with E-state index < -0.39 is 0 Å². The highest BCUT2D eigenvalue weighted by molar-refractivity contribution is 7.09. The molecule has 2 amide bonds. The lowest BCUT2D eigenvalue weighted by Gasteiger charge is -2.26. The quantitative estimate of drug-likeness (QED) is 0.806. The van der Waals surface area contributed by atoms with Crippen molar-refractivity contribution in [1.82, 2.24) is 15.2 Å². The molecule has 0 bridgehead atoms. The second-order valence-electron chi connectivity index (χ2n) is 6.51. The van der Waals surface area contributed by atoms with Crippen molar-refractivity contribution in [2.75, 3.05) is 7.11 Å². The van der Waals surface area contributed by atoms with E-state index in [9.17, 15) is 9.59 Å². The van der Waals surface area contributed by atoms with Crippen LogP contribution in [0.15, 0.2) is 29.6 Å². The fourth-order valence-corrected chi connectivity index (χ4v) is 3.15. The average molecular weight is 375 g/mol. The van der Waals surface area contributed by atoms with E-state index in [-0.39, 0.29) is 23.9 Å². The summed E-state index contributed by atoms with van der Waals surface area (Å²) in [5.74, 6) is 0.349. The second kappa shape index (κ2) is 8.80. The number of methoxy groups -OCH3 is 1. The number of ether oxygens (including phenoxy) is 1. The number of carbonyl (C=O) groups is 2. The number of rotatable bonds is 7. The Morgan fingerprint density at radius 1 is 1.27 bits per heavy atom. The Balaban J connectivity index is 2.17. The van der Waals surface area contributed by atoms with E-state index in [1.807, 2.05) is 27.7 Å². The zero-order valence-electron chi connectivity index (χ0n) is 15.8. The Bertz CT molecular complexity index is 771. The minimum Gasteiger partial charge on any atom is -0.497 e. The molecule has 0 saturated heterocycles. The molecule has 140 valence electrons. The van der Waals surface area contributed by atoms with Gasteiger partial charge in [-0.1, -0.05) is 6.07 Å². The number of nitrogens with zero attached hydrogens (tertiary/aromatic N) is 2. The molecule has 0 aliphatic carbocycles. The maximum Gasteiger partial charge on any atom is 0.270 e. The first kappa shape index (κ1) is 19.9. The number of benzene rings is 1. The summed E-state index contributed by atoms with van der Waals surface area (Å²) in [6, 6.07) is 7.13. The highest BCUT2D eigenvalue weighted by Gasteiger charge is 2.21. The van der Waals surface area contributed by atoms with E-state index in [4.69, 9.17) is 4.74 Å². The summed E-state index contributed by atoms with van der Waals surface area (Å²) in [5, 5.41) is 5.27.